The molecule has 0 radical (unpaired) electrons. The summed E-state index contributed by atoms with van der Waals surface area (Å²) in [7, 11) is 0. The number of carboxylic acids is 1. The van der Waals surface area contributed by atoms with Gasteiger partial charge in [-0.25, -0.2) is 4.79 Å². The first kappa shape index (κ1) is 12.8. The van der Waals surface area contributed by atoms with E-state index in [1.54, 1.807) is 17.4 Å². The molecule has 5 heteroatoms. The van der Waals surface area contributed by atoms with Gasteiger partial charge in [-0.1, -0.05) is 0 Å². The molecule has 1 heterocycles. The molecule has 0 aliphatic heterocycles. The molecule has 0 aromatic carbocycles. The maximum absolute atomic E-state index is 11.7. The van der Waals surface area contributed by atoms with Crippen LogP contribution >= 0.6 is 11.3 Å². The first-order valence-corrected chi connectivity index (χ1v) is 6.69. The van der Waals surface area contributed by atoms with Gasteiger partial charge in [0.2, 0.25) is 5.91 Å². The van der Waals surface area contributed by atoms with Crippen molar-refractivity contribution < 1.29 is 14.7 Å². The van der Waals surface area contributed by atoms with E-state index in [9.17, 15) is 9.59 Å². The molecular weight excluding hydrogens is 250 g/mol. The minimum absolute atomic E-state index is 0.343. The molecule has 0 unspecified atom stereocenters. The van der Waals surface area contributed by atoms with E-state index >= 15 is 0 Å². The zero-order chi connectivity index (χ0) is 13.2. The predicted octanol–water partition coefficient (Wildman–Crippen LogP) is 2.19. The first-order valence-electron chi connectivity index (χ1n) is 5.81. The molecule has 1 aromatic rings. The molecular formula is C13H15NO3S. The van der Waals surface area contributed by atoms with Crippen LogP contribution in [0.2, 0.25) is 0 Å². The van der Waals surface area contributed by atoms with Crippen LogP contribution < -0.4 is 5.32 Å². The second-order valence-electron chi connectivity index (χ2n) is 4.53. The second kappa shape index (κ2) is 4.94. The lowest BCUT2D eigenvalue weighted by Gasteiger charge is -2.37. The number of carboxylic acid groups (broad SMARTS) is 1. The van der Waals surface area contributed by atoms with E-state index < -0.39 is 11.5 Å². The summed E-state index contributed by atoms with van der Waals surface area (Å²) in [6.45, 7) is 1.97. The van der Waals surface area contributed by atoms with E-state index in [1.165, 1.54) is 6.08 Å². The number of rotatable bonds is 4. The number of hydrogen-bond acceptors (Lipinski definition) is 3. The summed E-state index contributed by atoms with van der Waals surface area (Å²) in [4.78, 5) is 23.8. The summed E-state index contributed by atoms with van der Waals surface area (Å²) < 4.78 is 0. The van der Waals surface area contributed by atoms with Crippen molar-refractivity contribution in [2.24, 2.45) is 0 Å². The van der Waals surface area contributed by atoms with Gasteiger partial charge >= 0.3 is 5.97 Å². The van der Waals surface area contributed by atoms with Crippen molar-refractivity contribution in [3.05, 3.63) is 28.0 Å². The molecule has 4 nitrogen and oxygen atoms in total. The molecule has 18 heavy (non-hydrogen) atoms. The van der Waals surface area contributed by atoms with Gasteiger partial charge in [0.25, 0.3) is 0 Å². The quantitative estimate of drug-likeness (QED) is 0.820. The number of carbonyl (C=O) groups is 2. The van der Waals surface area contributed by atoms with Crippen molar-refractivity contribution in [2.75, 3.05) is 0 Å². The van der Waals surface area contributed by atoms with Crippen molar-refractivity contribution in [2.45, 2.75) is 31.7 Å². The van der Waals surface area contributed by atoms with Crippen molar-refractivity contribution in [3.63, 3.8) is 0 Å². The Morgan fingerprint density at radius 2 is 2.22 bits per heavy atom. The second-order valence-corrected chi connectivity index (χ2v) is 5.48. The van der Waals surface area contributed by atoms with Crippen LogP contribution in [-0.2, 0) is 9.59 Å². The number of thiophene rings is 1. The zero-order valence-electron chi connectivity index (χ0n) is 10.1. The summed E-state index contributed by atoms with van der Waals surface area (Å²) in [5.74, 6) is -1.28. The number of amides is 1. The number of hydrogen-bond donors (Lipinski definition) is 2. The minimum atomic E-state index is -1.04. The molecule has 1 amide bonds. The lowest BCUT2D eigenvalue weighted by atomic mass is 9.77. The van der Waals surface area contributed by atoms with Crippen molar-refractivity contribution >= 4 is 29.3 Å². The lowest BCUT2D eigenvalue weighted by Crippen LogP contribution is -2.58. The third kappa shape index (κ3) is 2.46. The van der Waals surface area contributed by atoms with Crippen LogP contribution in [0, 0.1) is 6.92 Å². The average molecular weight is 265 g/mol. The van der Waals surface area contributed by atoms with E-state index in [1.807, 2.05) is 18.4 Å². The van der Waals surface area contributed by atoms with Gasteiger partial charge in [0.1, 0.15) is 5.54 Å². The number of aryl methyl sites for hydroxylation is 1. The topological polar surface area (TPSA) is 66.4 Å². The Balaban J connectivity index is 1.99. The van der Waals surface area contributed by atoms with Crippen LogP contribution in [0.1, 0.15) is 29.7 Å². The van der Waals surface area contributed by atoms with Crippen molar-refractivity contribution in [1.29, 1.82) is 0 Å². The Kier molecular flexibility index (Phi) is 3.52. The van der Waals surface area contributed by atoms with Crippen LogP contribution in [-0.4, -0.2) is 22.5 Å². The minimum Gasteiger partial charge on any atom is -0.480 e. The summed E-state index contributed by atoms with van der Waals surface area (Å²) in [5, 5.41) is 13.6. The molecule has 1 fully saturated rings. The zero-order valence-corrected chi connectivity index (χ0v) is 10.9. The Hall–Kier alpha value is -1.62. The largest absolute Gasteiger partial charge is 0.480 e. The normalized spacial score (nSPS) is 17.4. The molecule has 0 saturated heterocycles. The van der Waals surface area contributed by atoms with E-state index in [0.717, 1.165) is 16.9 Å². The summed E-state index contributed by atoms with van der Waals surface area (Å²) in [6.07, 6.45) is 5.01. The van der Waals surface area contributed by atoms with Gasteiger partial charge < -0.3 is 10.4 Å². The maximum Gasteiger partial charge on any atom is 0.329 e. The van der Waals surface area contributed by atoms with Gasteiger partial charge in [-0.05, 0) is 49.3 Å². The Labute approximate surface area is 109 Å². The smallest absolute Gasteiger partial charge is 0.329 e. The SMILES string of the molecule is Cc1ccsc1/C=C/C(=O)NC1(C(=O)O)CCC1. The van der Waals surface area contributed by atoms with E-state index in [4.69, 9.17) is 5.11 Å². The Bertz CT molecular complexity index is 500. The third-order valence-electron chi connectivity index (χ3n) is 3.27. The van der Waals surface area contributed by atoms with E-state index in [2.05, 4.69) is 5.32 Å². The molecule has 1 aliphatic carbocycles. The number of aliphatic carboxylic acids is 1. The van der Waals surface area contributed by atoms with Crippen LogP contribution in [0.15, 0.2) is 17.5 Å². The maximum atomic E-state index is 11.7. The fraction of sp³-hybridized carbons (Fsp3) is 0.385. The molecule has 96 valence electrons. The molecule has 2 N–H and O–H groups in total. The van der Waals surface area contributed by atoms with Crippen LogP contribution in [0.3, 0.4) is 0 Å². The number of carbonyl (C=O) groups excluding carboxylic acids is 1. The molecule has 1 saturated carbocycles. The highest BCUT2D eigenvalue weighted by Gasteiger charge is 2.45. The van der Waals surface area contributed by atoms with Crippen molar-refractivity contribution in [3.8, 4) is 0 Å². The average Bonchev–Trinajstić information content (AvgIpc) is 2.66. The highest BCUT2D eigenvalue weighted by molar-refractivity contribution is 7.11. The molecule has 0 spiro atoms. The first-order chi connectivity index (χ1) is 8.53. The van der Waals surface area contributed by atoms with Crippen LogP contribution in [0.4, 0.5) is 0 Å². The van der Waals surface area contributed by atoms with Gasteiger partial charge in [-0.15, -0.1) is 11.3 Å². The molecule has 1 aromatic heterocycles. The monoisotopic (exact) mass is 265 g/mol. The van der Waals surface area contributed by atoms with Gasteiger partial charge in [-0.3, -0.25) is 4.79 Å². The molecule has 2 rings (SSSR count). The molecule has 0 bridgehead atoms. The molecule has 0 atom stereocenters. The third-order valence-corrected chi connectivity index (χ3v) is 4.25. The van der Waals surface area contributed by atoms with Crippen molar-refractivity contribution in [1.82, 2.24) is 5.32 Å². The summed E-state index contributed by atoms with van der Waals surface area (Å²) >= 11 is 1.55. The standard InChI is InChI=1S/C13H15NO3S/c1-9-5-8-18-10(9)3-4-11(15)14-13(12(16)17)6-2-7-13/h3-5,8H,2,6-7H2,1H3,(H,14,15)(H,16,17)/b4-3+. The van der Waals surface area contributed by atoms with Gasteiger partial charge in [0.15, 0.2) is 0 Å². The lowest BCUT2D eigenvalue weighted by molar-refractivity contribution is -0.151. The number of nitrogens with one attached hydrogen (secondary N) is 1. The van der Waals surface area contributed by atoms with Gasteiger partial charge in [0, 0.05) is 11.0 Å². The Morgan fingerprint density at radius 1 is 1.50 bits per heavy atom. The predicted molar refractivity (Wildman–Crippen MR) is 70.5 cm³/mol. The fourth-order valence-corrected chi connectivity index (χ4v) is 2.73. The summed E-state index contributed by atoms with van der Waals surface area (Å²) in [6, 6.07) is 1.98. The highest BCUT2D eigenvalue weighted by Crippen LogP contribution is 2.32. The van der Waals surface area contributed by atoms with E-state index in [0.29, 0.717) is 12.8 Å². The van der Waals surface area contributed by atoms with Gasteiger partial charge in [0.05, 0.1) is 0 Å². The van der Waals surface area contributed by atoms with E-state index in [-0.39, 0.29) is 5.91 Å². The van der Waals surface area contributed by atoms with Crippen LogP contribution in [0.25, 0.3) is 6.08 Å². The summed E-state index contributed by atoms with van der Waals surface area (Å²) in [5.41, 5.74) is 0.0759. The fourth-order valence-electron chi connectivity index (χ4n) is 1.91. The van der Waals surface area contributed by atoms with Crippen LogP contribution in [0.5, 0.6) is 0 Å². The van der Waals surface area contributed by atoms with Gasteiger partial charge in [-0.2, -0.15) is 0 Å². The molecule has 1 aliphatic rings. The highest BCUT2D eigenvalue weighted by atomic mass is 32.1. The Morgan fingerprint density at radius 3 is 2.67 bits per heavy atom.